The maximum absolute atomic E-state index is 9.34. The molecule has 0 aliphatic carbocycles. The summed E-state index contributed by atoms with van der Waals surface area (Å²) in [6.45, 7) is 2.50. The number of aliphatic hydroxyl groups is 1. The number of thioether (sulfide) groups is 1. The maximum Gasteiger partial charge on any atom is 0.0462 e. The SMILES string of the molecule is CCSCCCC(CO)Cc1ccccc1. The molecule has 1 N–H and O–H groups in total. The van der Waals surface area contributed by atoms with Gasteiger partial charge in [0.2, 0.25) is 0 Å². The van der Waals surface area contributed by atoms with Gasteiger partial charge in [-0.05, 0) is 42.2 Å². The van der Waals surface area contributed by atoms with E-state index in [0.29, 0.717) is 12.5 Å². The molecule has 0 spiro atoms. The summed E-state index contributed by atoms with van der Waals surface area (Å²) in [4.78, 5) is 0. The first-order valence-electron chi connectivity index (χ1n) is 6.09. The van der Waals surface area contributed by atoms with E-state index in [1.807, 2.05) is 17.8 Å². The van der Waals surface area contributed by atoms with Crippen LogP contribution in [0.25, 0.3) is 0 Å². The predicted octanol–water partition coefficient (Wildman–Crippen LogP) is 3.37. The summed E-state index contributed by atoms with van der Waals surface area (Å²) < 4.78 is 0. The average Bonchev–Trinajstić information content (AvgIpc) is 2.34. The monoisotopic (exact) mass is 238 g/mol. The quantitative estimate of drug-likeness (QED) is 0.701. The lowest BCUT2D eigenvalue weighted by atomic mass is 9.96. The number of benzene rings is 1. The molecule has 0 fully saturated rings. The van der Waals surface area contributed by atoms with Gasteiger partial charge in [-0.25, -0.2) is 0 Å². The van der Waals surface area contributed by atoms with Crippen molar-refractivity contribution < 1.29 is 5.11 Å². The van der Waals surface area contributed by atoms with Crippen LogP contribution in [0.15, 0.2) is 30.3 Å². The highest BCUT2D eigenvalue weighted by molar-refractivity contribution is 7.99. The predicted molar refractivity (Wildman–Crippen MR) is 73.0 cm³/mol. The Morgan fingerprint density at radius 3 is 2.62 bits per heavy atom. The largest absolute Gasteiger partial charge is 0.396 e. The molecule has 0 heterocycles. The van der Waals surface area contributed by atoms with Crippen molar-refractivity contribution in [1.29, 1.82) is 0 Å². The minimum Gasteiger partial charge on any atom is -0.396 e. The summed E-state index contributed by atoms with van der Waals surface area (Å²) in [7, 11) is 0. The fourth-order valence-electron chi connectivity index (χ4n) is 1.82. The Morgan fingerprint density at radius 2 is 2.00 bits per heavy atom. The molecule has 0 aromatic heterocycles. The van der Waals surface area contributed by atoms with Gasteiger partial charge in [-0.3, -0.25) is 0 Å². The van der Waals surface area contributed by atoms with Crippen molar-refractivity contribution in [1.82, 2.24) is 0 Å². The number of hydrogen-bond acceptors (Lipinski definition) is 2. The second-order valence-electron chi connectivity index (χ2n) is 4.08. The zero-order chi connectivity index (χ0) is 11.6. The molecule has 0 saturated heterocycles. The fourth-order valence-corrected chi connectivity index (χ4v) is 2.48. The summed E-state index contributed by atoms with van der Waals surface area (Å²) in [6, 6.07) is 10.5. The Labute approximate surface area is 103 Å². The molecule has 1 aromatic carbocycles. The topological polar surface area (TPSA) is 20.2 Å². The van der Waals surface area contributed by atoms with Crippen LogP contribution in [-0.4, -0.2) is 23.2 Å². The Morgan fingerprint density at radius 1 is 1.25 bits per heavy atom. The van der Waals surface area contributed by atoms with E-state index < -0.39 is 0 Å². The Hall–Kier alpha value is -0.470. The zero-order valence-corrected chi connectivity index (χ0v) is 10.9. The lowest BCUT2D eigenvalue weighted by Gasteiger charge is -2.13. The molecular formula is C14H22OS. The molecule has 0 bridgehead atoms. The molecule has 0 saturated carbocycles. The third-order valence-electron chi connectivity index (χ3n) is 2.73. The highest BCUT2D eigenvalue weighted by Gasteiger charge is 2.07. The van der Waals surface area contributed by atoms with Crippen LogP contribution < -0.4 is 0 Å². The summed E-state index contributed by atoms with van der Waals surface area (Å²) in [6.07, 6.45) is 3.36. The van der Waals surface area contributed by atoms with Gasteiger partial charge in [-0.1, -0.05) is 37.3 Å². The number of hydrogen-bond donors (Lipinski definition) is 1. The van der Waals surface area contributed by atoms with Gasteiger partial charge in [0.15, 0.2) is 0 Å². The Balaban J connectivity index is 2.26. The van der Waals surface area contributed by atoms with Crippen LogP contribution in [0, 0.1) is 5.92 Å². The van der Waals surface area contributed by atoms with Crippen LogP contribution >= 0.6 is 11.8 Å². The zero-order valence-electron chi connectivity index (χ0n) is 10.1. The molecule has 1 nitrogen and oxygen atoms in total. The van der Waals surface area contributed by atoms with Gasteiger partial charge in [0.25, 0.3) is 0 Å². The molecule has 1 aromatic rings. The maximum atomic E-state index is 9.34. The van der Waals surface area contributed by atoms with Crippen molar-refractivity contribution in [3.8, 4) is 0 Å². The van der Waals surface area contributed by atoms with Gasteiger partial charge in [-0.15, -0.1) is 0 Å². The molecule has 0 aliphatic heterocycles. The third kappa shape index (κ3) is 5.57. The van der Waals surface area contributed by atoms with Crippen molar-refractivity contribution in [3.63, 3.8) is 0 Å². The summed E-state index contributed by atoms with van der Waals surface area (Å²) in [5.74, 6) is 2.85. The Bertz CT molecular complexity index is 261. The normalized spacial score (nSPS) is 12.6. The molecule has 90 valence electrons. The molecule has 1 atom stereocenters. The lowest BCUT2D eigenvalue weighted by molar-refractivity contribution is 0.217. The van der Waals surface area contributed by atoms with Crippen LogP contribution in [0.4, 0.5) is 0 Å². The van der Waals surface area contributed by atoms with Gasteiger partial charge in [0, 0.05) is 6.61 Å². The van der Waals surface area contributed by atoms with E-state index in [4.69, 9.17) is 0 Å². The standard InChI is InChI=1S/C14H22OS/c1-2-16-10-6-9-14(12-15)11-13-7-4-3-5-8-13/h3-5,7-8,14-15H,2,6,9-12H2,1H3. The highest BCUT2D eigenvalue weighted by atomic mass is 32.2. The molecule has 2 heteroatoms. The van der Waals surface area contributed by atoms with Crippen LogP contribution in [0.2, 0.25) is 0 Å². The van der Waals surface area contributed by atoms with Crippen molar-refractivity contribution in [2.24, 2.45) is 5.92 Å². The van der Waals surface area contributed by atoms with Crippen LogP contribution in [-0.2, 0) is 6.42 Å². The van der Waals surface area contributed by atoms with E-state index in [-0.39, 0.29) is 0 Å². The van der Waals surface area contributed by atoms with Crippen molar-refractivity contribution in [2.45, 2.75) is 26.2 Å². The van der Waals surface area contributed by atoms with E-state index in [1.54, 1.807) is 0 Å². The number of aliphatic hydroxyl groups excluding tert-OH is 1. The minimum atomic E-state index is 0.311. The second kappa shape index (κ2) is 8.66. The van der Waals surface area contributed by atoms with Crippen LogP contribution in [0.1, 0.15) is 25.3 Å². The average molecular weight is 238 g/mol. The first-order chi connectivity index (χ1) is 7.86. The van der Waals surface area contributed by atoms with Crippen LogP contribution in [0.3, 0.4) is 0 Å². The highest BCUT2D eigenvalue weighted by Crippen LogP contribution is 2.15. The van der Waals surface area contributed by atoms with E-state index in [9.17, 15) is 5.11 Å². The molecule has 0 radical (unpaired) electrons. The van der Waals surface area contributed by atoms with Gasteiger partial charge in [0.1, 0.15) is 0 Å². The fraction of sp³-hybridized carbons (Fsp3) is 0.571. The molecule has 0 aliphatic rings. The van der Waals surface area contributed by atoms with Gasteiger partial charge in [0.05, 0.1) is 0 Å². The first kappa shape index (κ1) is 13.6. The van der Waals surface area contributed by atoms with Crippen molar-refractivity contribution in [2.75, 3.05) is 18.1 Å². The van der Waals surface area contributed by atoms with Gasteiger partial charge < -0.3 is 5.11 Å². The summed E-state index contributed by atoms with van der Waals surface area (Å²) in [5, 5.41) is 9.34. The van der Waals surface area contributed by atoms with E-state index in [2.05, 4.69) is 31.2 Å². The Kier molecular flexibility index (Phi) is 7.35. The van der Waals surface area contributed by atoms with Crippen LogP contribution in [0.5, 0.6) is 0 Å². The first-order valence-corrected chi connectivity index (χ1v) is 7.24. The van der Waals surface area contributed by atoms with E-state index in [1.165, 1.54) is 23.5 Å². The lowest BCUT2D eigenvalue weighted by Crippen LogP contribution is -2.10. The molecule has 0 amide bonds. The molecule has 1 rings (SSSR count). The van der Waals surface area contributed by atoms with Gasteiger partial charge >= 0.3 is 0 Å². The van der Waals surface area contributed by atoms with E-state index in [0.717, 1.165) is 12.8 Å². The second-order valence-corrected chi connectivity index (χ2v) is 5.47. The summed E-state index contributed by atoms with van der Waals surface area (Å²) in [5.41, 5.74) is 1.34. The smallest absolute Gasteiger partial charge is 0.0462 e. The number of rotatable bonds is 8. The summed E-state index contributed by atoms with van der Waals surface area (Å²) >= 11 is 1.99. The molecular weight excluding hydrogens is 216 g/mol. The van der Waals surface area contributed by atoms with Gasteiger partial charge in [-0.2, -0.15) is 11.8 Å². The minimum absolute atomic E-state index is 0.311. The molecule has 16 heavy (non-hydrogen) atoms. The van der Waals surface area contributed by atoms with E-state index >= 15 is 0 Å². The third-order valence-corrected chi connectivity index (χ3v) is 3.72. The van der Waals surface area contributed by atoms with Crippen molar-refractivity contribution in [3.05, 3.63) is 35.9 Å². The van der Waals surface area contributed by atoms with Crippen molar-refractivity contribution >= 4 is 11.8 Å². The molecule has 1 unspecified atom stereocenters.